The van der Waals surface area contributed by atoms with E-state index in [0.717, 1.165) is 0 Å². The Kier molecular flexibility index (Phi) is 4.06. The van der Waals surface area contributed by atoms with Crippen LogP contribution in [0.2, 0.25) is 0 Å². The lowest BCUT2D eigenvalue weighted by Crippen LogP contribution is -2.52. The molecule has 0 saturated carbocycles. The average molecular weight is 255 g/mol. The third-order valence-electron chi connectivity index (χ3n) is 1.91. The van der Waals surface area contributed by atoms with Gasteiger partial charge in [0.1, 0.15) is 6.04 Å². The average Bonchev–Trinajstić information content (AvgIpc) is 2.09. The molecule has 86 valence electrons. The van der Waals surface area contributed by atoms with Crippen LogP contribution in [-0.4, -0.2) is 37.9 Å². The second-order valence-corrected chi connectivity index (χ2v) is 5.38. The Morgan fingerprint density at radius 2 is 2.13 bits per heavy atom. The smallest absolute Gasteiger partial charge is 0.244 e. The first-order valence-corrected chi connectivity index (χ1v) is 6.53. The summed E-state index contributed by atoms with van der Waals surface area (Å²) in [5.41, 5.74) is 0. The molecular weight excluding hydrogens is 244 g/mol. The van der Waals surface area contributed by atoms with Crippen molar-refractivity contribution in [1.29, 1.82) is 0 Å². The summed E-state index contributed by atoms with van der Waals surface area (Å²) in [6.45, 7) is 0. The number of hydrogen-bond donors (Lipinski definition) is 2. The minimum absolute atomic E-state index is 0.0391. The second-order valence-electron chi connectivity index (χ2n) is 3.13. The van der Waals surface area contributed by atoms with E-state index < -0.39 is 22.0 Å². The Hall–Kier alpha value is -0.660. The summed E-state index contributed by atoms with van der Waals surface area (Å²) < 4.78 is 24.7. The van der Waals surface area contributed by atoms with E-state index in [-0.39, 0.29) is 30.4 Å². The number of hydrogen-bond acceptors (Lipinski definition) is 4. The zero-order chi connectivity index (χ0) is 11.5. The van der Waals surface area contributed by atoms with Gasteiger partial charge in [-0.05, 0) is 6.42 Å². The molecule has 0 aromatic heterocycles. The number of amides is 2. The summed E-state index contributed by atoms with van der Waals surface area (Å²) in [4.78, 5) is 22.0. The maximum absolute atomic E-state index is 11.3. The highest BCUT2D eigenvalue weighted by Crippen LogP contribution is 2.05. The van der Waals surface area contributed by atoms with E-state index in [4.69, 9.17) is 11.6 Å². The van der Waals surface area contributed by atoms with Crippen molar-refractivity contribution in [3.8, 4) is 0 Å². The van der Waals surface area contributed by atoms with Crippen molar-refractivity contribution in [3.05, 3.63) is 0 Å². The number of halogens is 1. The molecule has 1 atom stereocenters. The third-order valence-corrected chi connectivity index (χ3v) is 3.71. The van der Waals surface area contributed by atoms with Crippen LogP contribution in [-0.2, 0) is 19.6 Å². The van der Waals surface area contributed by atoms with Crippen molar-refractivity contribution in [3.63, 3.8) is 0 Å². The molecule has 0 bridgehead atoms. The molecular formula is C7H11ClN2O4S. The van der Waals surface area contributed by atoms with Gasteiger partial charge in [0.2, 0.25) is 21.8 Å². The molecule has 8 heteroatoms. The quantitative estimate of drug-likeness (QED) is 0.495. The fraction of sp³-hybridized carbons (Fsp3) is 0.714. The number of carbonyl (C=O) groups is 2. The van der Waals surface area contributed by atoms with E-state index >= 15 is 0 Å². The summed E-state index contributed by atoms with van der Waals surface area (Å²) in [5.74, 6) is -1.27. The molecule has 1 fully saturated rings. The Morgan fingerprint density at radius 3 is 2.67 bits per heavy atom. The predicted octanol–water partition coefficient (Wildman–Crippen LogP) is -1.05. The third kappa shape index (κ3) is 3.77. The largest absolute Gasteiger partial charge is 0.295 e. The first-order valence-electron chi connectivity index (χ1n) is 4.34. The summed E-state index contributed by atoms with van der Waals surface area (Å²) >= 11 is 5.29. The van der Waals surface area contributed by atoms with Crippen molar-refractivity contribution >= 4 is 33.4 Å². The van der Waals surface area contributed by atoms with E-state index in [2.05, 4.69) is 10.0 Å². The topological polar surface area (TPSA) is 92.3 Å². The molecule has 1 aliphatic heterocycles. The predicted molar refractivity (Wildman–Crippen MR) is 53.8 cm³/mol. The molecule has 1 rings (SSSR count). The van der Waals surface area contributed by atoms with Gasteiger partial charge in [0.25, 0.3) is 0 Å². The molecule has 0 aromatic rings. The first kappa shape index (κ1) is 12.4. The molecule has 6 nitrogen and oxygen atoms in total. The van der Waals surface area contributed by atoms with Gasteiger partial charge in [-0.25, -0.2) is 13.1 Å². The number of carbonyl (C=O) groups excluding carboxylic acids is 2. The number of rotatable bonds is 4. The van der Waals surface area contributed by atoms with Crippen molar-refractivity contribution in [2.45, 2.75) is 18.9 Å². The molecule has 1 heterocycles. The Bertz CT molecular complexity index is 367. The lowest BCUT2D eigenvalue weighted by atomic mass is 10.1. The molecule has 0 aromatic carbocycles. The van der Waals surface area contributed by atoms with Crippen LogP contribution in [0.5, 0.6) is 0 Å². The van der Waals surface area contributed by atoms with Gasteiger partial charge in [0.05, 0.1) is 5.75 Å². The van der Waals surface area contributed by atoms with Gasteiger partial charge in [-0.3, -0.25) is 14.9 Å². The van der Waals surface area contributed by atoms with E-state index in [1.54, 1.807) is 0 Å². The molecule has 1 unspecified atom stereocenters. The summed E-state index contributed by atoms with van der Waals surface area (Å²) in [6, 6.07) is -0.865. The zero-order valence-corrected chi connectivity index (χ0v) is 9.40. The zero-order valence-electron chi connectivity index (χ0n) is 7.82. The lowest BCUT2D eigenvalue weighted by molar-refractivity contribution is -0.134. The number of piperidine rings is 1. The Balaban J connectivity index is 2.59. The highest BCUT2D eigenvalue weighted by atomic mass is 35.5. The van der Waals surface area contributed by atoms with Gasteiger partial charge in [-0.1, -0.05) is 0 Å². The molecule has 2 amide bonds. The van der Waals surface area contributed by atoms with Gasteiger partial charge < -0.3 is 0 Å². The second kappa shape index (κ2) is 4.91. The van der Waals surface area contributed by atoms with E-state index in [0.29, 0.717) is 0 Å². The van der Waals surface area contributed by atoms with E-state index in [9.17, 15) is 18.0 Å². The minimum atomic E-state index is -3.54. The summed E-state index contributed by atoms with van der Waals surface area (Å²) in [6.07, 6.45) is 0.325. The molecule has 1 aliphatic rings. The number of nitrogens with one attached hydrogen (secondary N) is 2. The highest BCUT2D eigenvalue weighted by Gasteiger charge is 2.29. The van der Waals surface area contributed by atoms with Gasteiger partial charge in [0.15, 0.2) is 0 Å². The molecule has 1 saturated heterocycles. The SMILES string of the molecule is O=C1CCC(NS(=O)(=O)CCCl)C(=O)N1. The first-order chi connectivity index (χ1) is 6.94. The highest BCUT2D eigenvalue weighted by molar-refractivity contribution is 7.89. The summed E-state index contributed by atoms with van der Waals surface area (Å²) in [5, 5.41) is 2.06. The van der Waals surface area contributed by atoms with Crippen LogP contribution in [0.15, 0.2) is 0 Å². The van der Waals surface area contributed by atoms with Crippen molar-refractivity contribution in [1.82, 2.24) is 10.0 Å². The molecule has 0 radical (unpaired) electrons. The van der Waals surface area contributed by atoms with Crippen LogP contribution in [0.3, 0.4) is 0 Å². The van der Waals surface area contributed by atoms with Crippen LogP contribution in [0.1, 0.15) is 12.8 Å². The van der Waals surface area contributed by atoms with E-state index in [1.807, 2.05) is 0 Å². The lowest BCUT2D eigenvalue weighted by Gasteiger charge is -2.21. The van der Waals surface area contributed by atoms with Crippen LogP contribution in [0, 0.1) is 0 Å². The van der Waals surface area contributed by atoms with Crippen LogP contribution in [0.25, 0.3) is 0 Å². The van der Waals surface area contributed by atoms with Crippen molar-refractivity contribution in [2.75, 3.05) is 11.6 Å². The van der Waals surface area contributed by atoms with Crippen LogP contribution in [0.4, 0.5) is 0 Å². The fourth-order valence-corrected chi connectivity index (χ4v) is 2.77. The van der Waals surface area contributed by atoms with Crippen molar-refractivity contribution in [2.24, 2.45) is 0 Å². The number of sulfonamides is 1. The maximum Gasteiger partial charge on any atom is 0.244 e. The molecule has 0 spiro atoms. The number of imide groups is 1. The van der Waals surface area contributed by atoms with Crippen LogP contribution >= 0.6 is 11.6 Å². The summed E-state index contributed by atoms with van der Waals surface area (Å²) in [7, 11) is -3.54. The standard InChI is InChI=1S/C7H11ClN2O4S/c8-3-4-15(13,14)10-5-1-2-6(11)9-7(5)12/h5,10H,1-4H2,(H,9,11,12). The van der Waals surface area contributed by atoms with Gasteiger partial charge in [-0.15, -0.1) is 11.6 Å². The maximum atomic E-state index is 11.3. The molecule has 0 aliphatic carbocycles. The van der Waals surface area contributed by atoms with Crippen molar-refractivity contribution < 1.29 is 18.0 Å². The van der Waals surface area contributed by atoms with Gasteiger partial charge in [-0.2, -0.15) is 0 Å². The number of alkyl halides is 1. The van der Waals surface area contributed by atoms with Crippen LogP contribution < -0.4 is 10.0 Å². The van der Waals surface area contributed by atoms with Gasteiger partial charge >= 0.3 is 0 Å². The Labute approximate surface area is 92.4 Å². The van der Waals surface area contributed by atoms with Gasteiger partial charge in [0, 0.05) is 12.3 Å². The normalized spacial score (nSPS) is 22.6. The minimum Gasteiger partial charge on any atom is -0.295 e. The molecule has 2 N–H and O–H groups in total. The fourth-order valence-electron chi connectivity index (χ4n) is 1.18. The Morgan fingerprint density at radius 1 is 1.47 bits per heavy atom. The monoisotopic (exact) mass is 254 g/mol. The van der Waals surface area contributed by atoms with E-state index in [1.165, 1.54) is 0 Å². The molecule has 15 heavy (non-hydrogen) atoms.